The fourth-order valence-electron chi connectivity index (χ4n) is 2.77. The molecule has 1 aromatic carbocycles. The van der Waals surface area contributed by atoms with Gasteiger partial charge in [-0.25, -0.2) is 8.78 Å². The first-order chi connectivity index (χ1) is 8.58. The first-order valence-corrected chi connectivity index (χ1v) is 6.78. The largest absolute Gasteiger partial charge is 0.378 e. The van der Waals surface area contributed by atoms with Crippen LogP contribution in [-0.4, -0.2) is 6.04 Å². The van der Waals surface area contributed by atoms with E-state index in [-0.39, 0.29) is 11.7 Å². The van der Waals surface area contributed by atoms with Crippen LogP contribution in [0.4, 0.5) is 14.5 Å². The van der Waals surface area contributed by atoms with Gasteiger partial charge in [0.2, 0.25) is 0 Å². The standard InChI is InChI=1S/C15H21F2N/c1-10(2)11-6-8-12(9-7-11)18-15-13(16)4-3-5-14(15)17/h3-5,10-12,18H,6-9H2,1-2H3. The second-order valence-electron chi connectivity index (χ2n) is 5.60. The molecule has 0 spiro atoms. The van der Waals surface area contributed by atoms with E-state index >= 15 is 0 Å². The molecule has 1 saturated carbocycles. The number of anilines is 1. The number of halogens is 2. The first kappa shape index (κ1) is 13.3. The predicted octanol–water partition coefficient (Wildman–Crippen LogP) is 4.59. The van der Waals surface area contributed by atoms with E-state index in [2.05, 4.69) is 19.2 Å². The van der Waals surface area contributed by atoms with Crippen molar-refractivity contribution < 1.29 is 8.78 Å². The van der Waals surface area contributed by atoms with E-state index in [1.165, 1.54) is 18.2 Å². The van der Waals surface area contributed by atoms with Gasteiger partial charge in [0, 0.05) is 6.04 Å². The molecule has 1 aliphatic carbocycles. The van der Waals surface area contributed by atoms with E-state index in [1.54, 1.807) is 0 Å². The zero-order chi connectivity index (χ0) is 13.1. The highest BCUT2D eigenvalue weighted by molar-refractivity contribution is 5.46. The van der Waals surface area contributed by atoms with Crippen LogP contribution >= 0.6 is 0 Å². The highest BCUT2D eigenvalue weighted by Crippen LogP contribution is 2.32. The maximum atomic E-state index is 13.5. The third-order valence-corrected chi connectivity index (χ3v) is 4.03. The van der Waals surface area contributed by atoms with Crippen molar-refractivity contribution >= 4 is 5.69 Å². The van der Waals surface area contributed by atoms with Gasteiger partial charge in [-0.05, 0) is 49.7 Å². The van der Waals surface area contributed by atoms with Crippen molar-refractivity contribution in [1.29, 1.82) is 0 Å². The van der Waals surface area contributed by atoms with Gasteiger partial charge in [-0.1, -0.05) is 19.9 Å². The maximum absolute atomic E-state index is 13.5. The quantitative estimate of drug-likeness (QED) is 0.830. The molecule has 18 heavy (non-hydrogen) atoms. The van der Waals surface area contributed by atoms with Crippen LogP contribution in [-0.2, 0) is 0 Å². The minimum Gasteiger partial charge on any atom is -0.378 e. The fourth-order valence-corrected chi connectivity index (χ4v) is 2.77. The second kappa shape index (κ2) is 5.68. The molecule has 0 radical (unpaired) electrons. The molecule has 0 atom stereocenters. The van der Waals surface area contributed by atoms with Crippen molar-refractivity contribution in [3.63, 3.8) is 0 Å². The Labute approximate surface area is 108 Å². The summed E-state index contributed by atoms with van der Waals surface area (Å²) in [6, 6.07) is 4.19. The van der Waals surface area contributed by atoms with Crippen molar-refractivity contribution in [2.24, 2.45) is 11.8 Å². The van der Waals surface area contributed by atoms with Crippen LogP contribution in [0.3, 0.4) is 0 Å². The fraction of sp³-hybridized carbons (Fsp3) is 0.600. The van der Waals surface area contributed by atoms with Gasteiger partial charge in [0.15, 0.2) is 0 Å². The van der Waals surface area contributed by atoms with Gasteiger partial charge in [0.25, 0.3) is 0 Å². The Morgan fingerprint density at radius 1 is 1.06 bits per heavy atom. The van der Waals surface area contributed by atoms with Crippen LogP contribution < -0.4 is 5.32 Å². The molecule has 1 aromatic rings. The summed E-state index contributed by atoms with van der Waals surface area (Å²) in [7, 11) is 0. The Morgan fingerprint density at radius 3 is 2.11 bits per heavy atom. The molecule has 0 aromatic heterocycles. The lowest BCUT2D eigenvalue weighted by Crippen LogP contribution is -2.28. The van der Waals surface area contributed by atoms with Crippen LogP contribution in [0.2, 0.25) is 0 Å². The third-order valence-electron chi connectivity index (χ3n) is 4.03. The SMILES string of the molecule is CC(C)C1CCC(Nc2c(F)cccc2F)CC1. The molecule has 0 unspecified atom stereocenters. The summed E-state index contributed by atoms with van der Waals surface area (Å²) in [5, 5.41) is 3.03. The molecular formula is C15H21F2N. The monoisotopic (exact) mass is 253 g/mol. The molecule has 100 valence electrons. The topological polar surface area (TPSA) is 12.0 Å². The number of hydrogen-bond acceptors (Lipinski definition) is 1. The highest BCUT2D eigenvalue weighted by atomic mass is 19.1. The van der Waals surface area contributed by atoms with Crippen molar-refractivity contribution in [2.75, 3.05) is 5.32 Å². The normalized spacial score (nSPS) is 24.3. The van der Waals surface area contributed by atoms with Crippen molar-refractivity contribution in [3.8, 4) is 0 Å². The number of nitrogens with one attached hydrogen (secondary N) is 1. The van der Waals surface area contributed by atoms with Crippen LogP contribution in [0, 0.1) is 23.5 Å². The molecule has 3 heteroatoms. The van der Waals surface area contributed by atoms with E-state index in [9.17, 15) is 8.78 Å². The van der Waals surface area contributed by atoms with Crippen molar-refractivity contribution in [1.82, 2.24) is 0 Å². The van der Waals surface area contributed by atoms with E-state index in [4.69, 9.17) is 0 Å². The molecular weight excluding hydrogens is 232 g/mol. The molecule has 1 N–H and O–H groups in total. The highest BCUT2D eigenvalue weighted by Gasteiger charge is 2.24. The zero-order valence-electron chi connectivity index (χ0n) is 11.0. The van der Waals surface area contributed by atoms with Crippen LogP contribution in [0.15, 0.2) is 18.2 Å². The maximum Gasteiger partial charge on any atom is 0.149 e. The van der Waals surface area contributed by atoms with Gasteiger partial charge in [0.05, 0.1) is 0 Å². The van der Waals surface area contributed by atoms with Gasteiger partial charge in [-0.2, -0.15) is 0 Å². The van der Waals surface area contributed by atoms with Gasteiger partial charge < -0.3 is 5.32 Å². The summed E-state index contributed by atoms with van der Waals surface area (Å²) in [5.41, 5.74) is 0.0329. The summed E-state index contributed by atoms with van der Waals surface area (Å²) in [5.74, 6) is 0.464. The van der Waals surface area contributed by atoms with Gasteiger partial charge in [0.1, 0.15) is 17.3 Å². The van der Waals surface area contributed by atoms with Crippen LogP contribution in [0.5, 0.6) is 0 Å². The molecule has 0 saturated heterocycles. The van der Waals surface area contributed by atoms with E-state index in [1.807, 2.05) is 0 Å². The lowest BCUT2D eigenvalue weighted by Gasteiger charge is -2.32. The lowest BCUT2D eigenvalue weighted by molar-refractivity contribution is 0.266. The predicted molar refractivity (Wildman–Crippen MR) is 70.6 cm³/mol. The molecule has 1 nitrogen and oxygen atoms in total. The number of benzene rings is 1. The average molecular weight is 253 g/mol. The molecule has 1 fully saturated rings. The van der Waals surface area contributed by atoms with Gasteiger partial charge >= 0.3 is 0 Å². The average Bonchev–Trinajstić information content (AvgIpc) is 2.34. The van der Waals surface area contributed by atoms with Gasteiger partial charge in [-0.15, -0.1) is 0 Å². The summed E-state index contributed by atoms with van der Waals surface area (Å²) in [6.45, 7) is 4.49. The number of para-hydroxylation sites is 1. The van der Waals surface area contributed by atoms with E-state index in [0.29, 0.717) is 5.92 Å². The molecule has 2 rings (SSSR count). The molecule has 0 amide bonds. The molecule has 0 bridgehead atoms. The summed E-state index contributed by atoms with van der Waals surface area (Å²) >= 11 is 0. The van der Waals surface area contributed by atoms with Crippen LogP contribution in [0.25, 0.3) is 0 Å². The number of hydrogen-bond donors (Lipinski definition) is 1. The van der Waals surface area contributed by atoms with Crippen molar-refractivity contribution in [3.05, 3.63) is 29.8 Å². The minimum atomic E-state index is -0.499. The molecule has 0 aliphatic heterocycles. The van der Waals surface area contributed by atoms with Gasteiger partial charge in [-0.3, -0.25) is 0 Å². The van der Waals surface area contributed by atoms with Crippen LogP contribution in [0.1, 0.15) is 39.5 Å². The number of rotatable bonds is 3. The summed E-state index contributed by atoms with van der Waals surface area (Å²) < 4.78 is 27.0. The molecule has 1 aliphatic rings. The molecule has 0 heterocycles. The third kappa shape index (κ3) is 3.01. The second-order valence-corrected chi connectivity index (χ2v) is 5.60. The Morgan fingerprint density at radius 2 is 1.61 bits per heavy atom. The Kier molecular flexibility index (Phi) is 4.20. The Balaban J connectivity index is 1.96. The smallest absolute Gasteiger partial charge is 0.149 e. The zero-order valence-corrected chi connectivity index (χ0v) is 11.0. The minimum absolute atomic E-state index is 0.0329. The summed E-state index contributed by atoms with van der Waals surface area (Å²) in [4.78, 5) is 0. The summed E-state index contributed by atoms with van der Waals surface area (Å²) in [6.07, 6.45) is 4.28. The van der Waals surface area contributed by atoms with E-state index < -0.39 is 11.6 Å². The Bertz CT molecular complexity index is 375. The van der Waals surface area contributed by atoms with Crippen molar-refractivity contribution in [2.45, 2.75) is 45.6 Å². The lowest BCUT2D eigenvalue weighted by atomic mass is 9.79. The first-order valence-electron chi connectivity index (χ1n) is 6.78. The Hall–Kier alpha value is -1.12. The van der Waals surface area contributed by atoms with E-state index in [0.717, 1.165) is 31.6 Å².